The maximum atomic E-state index is 10.5. The Morgan fingerprint density at radius 2 is 2.29 bits per heavy atom. The molecule has 0 radical (unpaired) electrons. The zero-order valence-electron chi connectivity index (χ0n) is 7.34. The smallest absolute Gasteiger partial charge is 0.307 e. The molecule has 14 heavy (non-hydrogen) atoms. The average Bonchev–Trinajstić information content (AvgIpc) is 2.17. The van der Waals surface area contributed by atoms with Gasteiger partial charge in [-0.3, -0.25) is 14.8 Å². The van der Waals surface area contributed by atoms with Crippen LogP contribution in [0.15, 0.2) is 30.7 Å². The molecule has 0 atom stereocenters. The van der Waals surface area contributed by atoms with Gasteiger partial charge in [-0.05, 0) is 17.7 Å². The Bertz CT molecular complexity index is 482. The van der Waals surface area contributed by atoms with Gasteiger partial charge in [0, 0.05) is 17.8 Å². The predicted octanol–water partition coefficient (Wildman–Crippen LogP) is 1.26. The molecule has 1 N–H and O–H groups in total. The Balaban J connectivity index is 2.46. The van der Waals surface area contributed by atoms with E-state index >= 15 is 0 Å². The first-order valence-electron chi connectivity index (χ1n) is 4.16. The number of carbonyl (C=O) groups is 1. The molecule has 0 aliphatic heterocycles. The van der Waals surface area contributed by atoms with Crippen molar-refractivity contribution in [2.45, 2.75) is 6.42 Å². The molecule has 0 saturated heterocycles. The number of carboxylic acid groups (broad SMARTS) is 1. The van der Waals surface area contributed by atoms with E-state index < -0.39 is 5.97 Å². The molecule has 2 heterocycles. The molecular weight excluding hydrogens is 180 g/mol. The molecule has 2 rings (SSSR count). The number of nitrogens with zero attached hydrogens (tertiary/aromatic N) is 2. The van der Waals surface area contributed by atoms with Crippen molar-refractivity contribution >= 4 is 16.9 Å². The Morgan fingerprint density at radius 1 is 1.43 bits per heavy atom. The maximum Gasteiger partial charge on any atom is 0.307 e. The summed E-state index contributed by atoms with van der Waals surface area (Å²) in [5.41, 5.74) is 1.48. The van der Waals surface area contributed by atoms with Gasteiger partial charge in [-0.15, -0.1) is 0 Å². The van der Waals surface area contributed by atoms with E-state index in [4.69, 9.17) is 5.11 Å². The lowest BCUT2D eigenvalue weighted by molar-refractivity contribution is -0.136. The van der Waals surface area contributed by atoms with E-state index in [1.807, 2.05) is 12.1 Å². The van der Waals surface area contributed by atoms with Gasteiger partial charge in [0.15, 0.2) is 0 Å². The van der Waals surface area contributed by atoms with E-state index in [1.165, 1.54) is 0 Å². The van der Waals surface area contributed by atoms with Crippen molar-refractivity contribution in [1.82, 2.24) is 9.97 Å². The van der Waals surface area contributed by atoms with Crippen LogP contribution >= 0.6 is 0 Å². The Morgan fingerprint density at radius 3 is 3.07 bits per heavy atom. The molecule has 4 heteroatoms. The summed E-state index contributed by atoms with van der Waals surface area (Å²) in [4.78, 5) is 18.5. The van der Waals surface area contributed by atoms with E-state index in [0.29, 0.717) is 5.56 Å². The monoisotopic (exact) mass is 188 g/mol. The molecule has 0 aliphatic rings. The predicted molar refractivity (Wildman–Crippen MR) is 50.9 cm³/mol. The summed E-state index contributed by atoms with van der Waals surface area (Å²) in [5, 5.41) is 9.51. The molecule has 2 aromatic heterocycles. The van der Waals surface area contributed by atoms with Crippen molar-refractivity contribution in [2.75, 3.05) is 0 Å². The van der Waals surface area contributed by atoms with E-state index in [-0.39, 0.29) is 6.42 Å². The van der Waals surface area contributed by atoms with Gasteiger partial charge in [-0.1, -0.05) is 0 Å². The number of rotatable bonds is 2. The summed E-state index contributed by atoms with van der Waals surface area (Å²) in [6.45, 7) is 0. The second kappa shape index (κ2) is 3.41. The highest BCUT2D eigenvalue weighted by Crippen LogP contribution is 2.11. The SMILES string of the molecule is O=C(O)Cc1cnc2cnccc2c1. The molecule has 2 aromatic rings. The molecule has 0 fully saturated rings. The van der Waals surface area contributed by atoms with Gasteiger partial charge in [0.25, 0.3) is 0 Å². The van der Waals surface area contributed by atoms with E-state index in [0.717, 1.165) is 10.9 Å². The van der Waals surface area contributed by atoms with Crippen molar-refractivity contribution in [1.29, 1.82) is 0 Å². The number of hydrogen-bond acceptors (Lipinski definition) is 3. The third kappa shape index (κ3) is 1.69. The van der Waals surface area contributed by atoms with E-state index in [9.17, 15) is 4.79 Å². The molecule has 0 aromatic carbocycles. The third-order valence-corrected chi connectivity index (χ3v) is 1.90. The zero-order valence-corrected chi connectivity index (χ0v) is 7.34. The molecule has 0 aliphatic carbocycles. The van der Waals surface area contributed by atoms with Crippen LogP contribution in [0.1, 0.15) is 5.56 Å². The molecule has 0 amide bonds. The highest BCUT2D eigenvalue weighted by molar-refractivity contribution is 5.79. The molecule has 70 valence electrons. The lowest BCUT2D eigenvalue weighted by Gasteiger charge is -1.99. The van der Waals surface area contributed by atoms with Crippen LogP contribution in [-0.2, 0) is 11.2 Å². The maximum absolute atomic E-state index is 10.5. The fourth-order valence-electron chi connectivity index (χ4n) is 1.29. The van der Waals surface area contributed by atoms with Crippen LogP contribution in [0.5, 0.6) is 0 Å². The van der Waals surface area contributed by atoms with Gasteiger partial charge in [0.1, 0.15) is 0 Å². The first-order chi connectivity index (χ1) is 6.75. The quantitative estimate of drug-likeness (QED) is 0.770. The average molecular weight is 188 g/mol. The van der Waals surface area contributed by atoms with Crippen molar-refractivity contribution in [2.24, 2.45) is 0 Å². The van der Waals surface area contributed by atoms with Crippen molar-refractivity contribution in [3.8, 4) is 0 Å². The van der Waals surface area contributed by atoms with Crippen molar-refractivity contribution in [3.05, 3.63) is 36.3 Å². The second-order valence-corrected chi connectivity index (χ2v) is 2.98. The molecule has 0 spiro atoms. The molecule has 0 bridgehead atoms. The van der Waals surface area contributed by atoms with Gasteiger partial charge in [0.05, 0.1) is 18.1 Å². The minimum atomic E-state index is -0.847. The third-order valence-electron chi connectivity index (χ3n) is 1.90. The number of aliphatic carboxylic acids is 1. The Labute approximate surface area is 80.2 Å². The van der Waals surface area contributed by atoms with E-state index in [1.54, 1.807) is 18.6 Å². The number of aromatic nitrogens is 2. The van der Waals surface area contributed by atoms with Crippen LogP contribution in [0.2, 0.25) is 0 Å². The summed E-state index contributed by atoms with van der Waals surface area (Å²) in [6.07, 6.45) is 4.89. The first-order valence-corrected chi connectivity index (χ1v) is 4.16. The standard InChI is InChI=1S/C10H8N2O2/c13-10(14)4-7-3-8-1-2-11-6-9(8)12-5-7/h1-3,5-6H,4H2,(H,13,14). The van der Waals surface area contributed by atoms with Gasteiger partial charge in [-0.25, -0.2) is 0 Å². The summed E-state index contributed by atoms with van der Waals surface area (Å²) < 4.78 is 0. The van der Waals surface area contributed by atoms with Gasteiger partial charge >= 0.3 is 5.97 Å². The fourth-order valence-corrected chi connectivity index (χ4v) is 1.29. The van der Waals surface area contributed by atoms with Gasteiger partial charge in [0.2, 0.25) is 0 Å². The van der Waals surface area contributed by atoms with Crippen LogP contribution in [0.3, 0.4) is 0 Å². The molecule has 4 nitrogen and oxygen atoms in total. The molecule has 0 unspecified atom stereocenters. The summed E-state index contributed by atoms with van der Waals surface area (Å²) in [6, 6.07) is 3.63. The van der Waals surface area contributed by atoms with Crippen LogP contribution in [0, 0.1) is 0 Å². The summed E-state index contributed by atoms with van der Waals surface area (Å²) in [7, 11) is 0. The normalized spacial score (nSPS) is 10.3. The van der Waals surface area contributed by atoms with Crippen molar-refractivity contribution in [3.63, 3.8) is 0 Å². The minimum Gasteiger partial charge on any atom is -0.481 e. The van der Waals surface area contributed by atoms with Crippen LogP contribution in [-0.4, -0.2) is 21.0 Å². The Hall–Kier alpha value is -1.97. The van der Waals surface area contributed by atoms with Gasteiger partial charge in [-0.2, -0.15) is 0 Å². The topological polar surface area (TPSA) is 63.1 Å². The number of carboxylic acids is 1. The fraction of sp³-hybridized carbons (Fsp3) is 0.100. The first kappa shape index (κ1) is 8.62. The zero-order chi connectivity index (χ0) is 9.97. The van der Waals surface area contributed by atoms with Crippen molar-refractivity contribution < 1.29 is 9.90 Å². The van der Waals surface area contributed by atoms with Crippen LogP contribution in [0.25, 0.3) is 10.9 Å². The minimum absolute atomic E-state index is 0.00522. The highest BCUT2D eigenvalue weighted by Gasteiger charge is 2.01. The largest absolute Gasteiger partial charge is 0.481 e. The van der Waals surface area contributed by atoms with Gasteiger partial charge < -0.3 is 5.11 Å². The second-order valence-electron chi connectivity index (χ2n) is 2.98. The van der Waals surface area contributed by atoms with E-state index in [2.05, 4.69) is 9.97 Å². The lowest BCUT2D eigenvalue weighted by atomic mass is 10.1. The number of pyridine rings is 2. The molecule has 0 saturated carbocycles. The lowest BCUT2D eigenvalue weighted by Crippen LogP contribution is -2.00. The van der Waals surface area contributed by atoms with Crippen LogP contribution in [0.4, 0.5) is 0 Å². The number of fused-ring (bicyclic) bond motifs is 1. The molecular formula is C10H8N2O2. The summed E-state index contributed by atoms with van der Waals surface area (Å²) >= 11 is 0. The Kier molecular flexibility index (Phi) is 2.10. The van der Waals surface area contributed by atoms with Crippen LogP contribution < -0.4 is 0 Å². The number of hydrogen-bond donors (Lipinski definition) is 1. The summed E-state index contributed by atoms with van der Waals surface area (Å²) in [5.74, 6) is -0.847. The highest BCUT2D eigenvalue weighted by atomic mass is 16.4.